The van der Waals surface area contributed by atoms with E-state index < -0.39 is 23.7 Å². The molecule has 1 atom stereocenters. The highest BCUT2D eigenvalue weighted by atomic mass is 79.9. The van der Waals surface area contributed by atoms with Crippen LogP contribution in [0.1, 0.15) is 18.6 Å². The smallest absolute Gasteiger partial charge is 0.339 e. The maximum Gasteiger partial charge on any atom is 0.339 e. The molecule has 0 aliphatic heterocycles. The molecule has 0 amide bonds. The van der Waals surface area contributed by atoms with Crippen molar-refractivity contribution in [3.8, 4) is 0 Å². The van der Waals surface area contributed by atoms with Gasteiger partial charge in [0.25, 0.3) is 0 Å². The number of carbonyl (C=O) groups excluding carboxylic acids is 1. The molecule has 0 radical (unpaired) electrons. The number of rotatable bonds is 3. The van der Waals surface area contributed by atoms with Crippen molar-refractivity contribution in [1.29, 1.82) is 0 Å². The first-order valence-electron chi connectivity index (χ1n) is 4.46. The number of aliphatic hydroxyl groups excluding tert-OH is 1. The van der Waals surface area contributed by atoms with Gasteiger partial charge in [-0.25, -0.2) is 13.6 Å². The Morgan fingerprint density at radius 1 is 1.50 bits per heavy atom. The van der Waals surface area contributed by atoms with Crippen LogP contribution in [0.4, 0.5) is 8.78 Å². The molecule has 1 unspecified atom stereocenters. The van der Waals surface area contributed by atoms with Crippen LogP contribution in [0.15, 0.2) is 16.6 Å². The van der Waals surface area contributed by atoms with Gasteiger partial charge < -0.3 is 9.84 Å². The molecular formula is C10H9BrF2O3. The van der Waals surface area contributed by atoms with E-state index in [1.165, 1.54) is 0 Å². The van der Waals surface area contributed by atoms with Crippen molar-refractivity contribution in [2.24, 2.45) is 0 Å². The Morgan fingerprint density at radius 3 is 2.69 bits per heavy atom. The predicted octanol–water partition coefficient (Wildman–Crippen LogP) is 2.32. The van der Waals surface area contributed by atoms with Crippen LogP contribution in [0.2, 0.25) is 0 Å². The summed E-state index contributed by atoms with van der Waals surface area (Å²) in [5, 5.41) is 9.46. The largest absolute Gasteiger partial charge is 0.464 e. The van der Waals surface area contributed by atoms with E-state index in [0.717, 1.165) is 6.07 Å². The molecule has 0 aromatic heterocycles. The minimum absolute atomic E-state index is 0.0350. The first-order chi connectivity index (χ1) is 7.47. The van der Waals surface area contributed by atoms with Crippen molar-refractivity contribution in [3.63, 3.8) is 0 Å². The second-order valence-electron chi connectivity index (χ2n) is 2.94. The van der Waals surface area contributed by atoms with Gasteiger partial charge in [-0.2, -0.15) is 0 Å². The molecule has 16 heavy (non-hydrogen) atoms. The van der Waals surface area contributed by atoms with E-state index >= 15 is 0 Å². The Morgan fingerprint density at radius 2 is 2.12 bits per heavy atom. The normalized spacial score (nSPS) is 12.3. The van der Waals surface area contributed by atoms with Gasteiger partial charge in [0.1, 0.15) is 11.6 Å². The number of esters is 1. The molecule has 3 nitrogen and oxygen atoms in total. The third-order valence-corrected chi connectivity index (χ3v) is 2.45. The Kier molecular flexibility index (Phi) is 4.37. The van der Waals surface area contributed by atoms with Gasteiger partial charge in [0.15, 0.2) is 6.10 Å². The molecule has 88 valence electrons. The van der Waals surface area contributed by atoms with Crippen molar-refractivity contribution in [2.45, 2.75) is 13.0 Å². The van der Waals surface area contributed by atoms with Gasteiger partial charge in [0, 0.05) is 11.6 Å². The molecule has 0 aliphatic carbocycles. The fourth-order valence-electron chi connectivity index (χ4n) is 1.10. The number of aliphatic hydroxyl groups is 1. The third-order valence-electron chi connectivity index (χ3n) is 1.84. The summed E-state index contributed by atoms with van der Waals surface area (Å²) < 4.78 is 30.6. The topological polar surface area (TPSA) is 46.5 Å². The van der Waals surface area contributed by atoms with Crippen LogP contribution < -0.4 is 0 Å². The van der Waals surface area contributed by atoms with Crippen molar-refractivity contribution in [3.05, 3.63) is 33.8 Å². The Labute approximate surface area is 99.2 Å². The molecule has 0 bridgehead atoms. The quantitative estimate of drug-likeness (QED) is 0.687. The lowest BCUT2D eigenvalue weighted by Gasteiger charge is -2.11. The third kappa shape index (κ3) is 2.76. The highest BCUT2D eigenvalue weighted by Crippen LogP contribution is 2.25. The second-order valence-corrected chi connectivity index (χ2v) is 3.80. The fraction of sp³-hybridized carbons (Fsp3) is 0.300. The van der Waals surface area contributed by atoms with E-state index in [-0.39, 0.29) is 16.6 Å². The summed E-state index contributed by atoms with van der Waals surface area (Å²) in [5.74, 6) is -2.78. The minimum atomic E-state index is -1.75. The lowest BCUT2D eigenvalue weighted by molar-refractivity contribution is -0.153. The molecule has 1 aromatic carbocycles. The predicted molar refractivity (Wildman–Crippen MR) is 55.7 cm³/mol. The molecule has 0 heterocycles. The standard InChI is InChI=1S/C10H9BrF2O3/c1-2-16-10(15)9(14)5-3-6(11)8(13)4-7(5)12/h3-4,9,14H,2H2,1H3. The number of hydrogen-bond acceptors (Lipinski definition) is 3. The van der Waals surface area contributed by atoms with Gasteiger partial charge in [-0.3, -0.25) is 0 Å². The summed E-state index contributed by atoms with van der Waals surface area (Å²) in [5.41, 5.74) is -0.327. The van der Waals surface area contributed by atoms with Gasteiger partial charge in [-0.1, -0.05) is 0 Å². The summed E-state index contributed by atoms with van der Waals surface area (Å²) in [6.45, 7) is 1.63. The first-order valence-corrected chi connectivity index (χ1v) is 5.25. The van der Waals surface area contributed by atoms with E-state index in [1.807, 2.05) is 0 Å². The zero-order chi connectivity index (χ0) is 12.3. The zero-order valence-electron chi connectivity index (χ0n) is 8.34. The average molecular weight is 295 g/mol. The summed E-state index contributed by atoms with van der Waals surface area (Å²) in [4.78, 5) is 11.1. The molecule has 1 N–H and O–H groups in total. The monoisotopic (exact) mass is 294 g/mol. The molecule has 0 aliphatic rings. The van der Waals surface area contributed by atoms with Crippen LogP contribution >= 0.6 is 15.9 Å². The lowest BCUT2D eigenvalue weighted by Crippen LogP contribution is -2.16. The van der Waals surface area contributed by atoms with Crippen LogP contribution in [0.5, 0.6) is 0 Å². The molecular weight excluding hydrogens is 286 g/mol. The van der Waals surface area contributed by atoms with Crippen molar-refractivity contribution < 1.29 is 23.4 Å². The first kappa shape index (κ1) is 13.1. The van der Waals surface area contributed by atoms with Crippen molar-refractivity contribution >= 4 is 21.9 Å². The minimum Gasteiger partial charge on any atom is -0.464 e. The van der Waals surface area contributed by atoms with Gasteiger partial charge in [-0.15, -0.1) is 0 Å². The van der Waals surface area contributed by atoms with Crippen LogP contribution in [-0.2, 0) is 9.53 Å². The molecule has 0 saturated carbocycles. The van der Waals surface area contributed by atoms with Crippen molar-refractivity contribution in [2.75, 3.05) is 6.61 Å². The molecule has 0 fully saturated rings. The van der Waals surface area contributed by atoms with Gasteiger partial charge in [0.2, 0.25) is 0 Å². The summed E-state index contributed by atoms with van der Waals surface area (Å²) in [7, 11) is 0. The van der Waals surface area contributed by atoms with E-state index in [0.29, 0.717) is 6.07 Å². The summed E-state index contributed by atoms with van der Waals surface area (Å²) in [6, 6.07) is 1.59. The van der Waals surface area contributed by atoms with Gasteiger partial charge in [0.05, 0.1) is 11.1 Å². The lowest BCUT2D eigenvalue weighted by atomic mass is 10.1. The maximum absolute atomic E-state index is 13.3. The van der Waals surface area contributed by atoms with E-state index in [2.05, 4.69) is 20.7 Å². The van der Waals surface area contributed by atoms with Crippen LogP contribution in [0.25, 0.3) is 0 Å². The fourth-order valence-corrected chi connectivity index (χ4v) is 1.46. The van der Waals surface area contributed by atoms with E-state index in [4.69, 9.17) is 0 Å². The number of halogens is 3. The van der Waals surface area contributed by atoms with Crippen LogP contribution in [-0.4, -0.2) is 17.7 Å². The maximum atomic E-state index is 13.3. The average Bonchev–Trinajstić information content (AvgIpc) is 2.23. The summed E-state index contributed by atoms with van der Waals surface area (Å²) in [6.07, 6.45) is -1.75. The molecule has 1 rings (SSSR count). The Bertz CT molecular complexity index is 409. The highest BCUT2D eigenvalue weighted by Gasteiger charge is 2.23. The van der Waals surface area contributed by atoms with Crippen molar-refractivity contribution in [1.82, 2.24) is 0 Å². The Balaban J connectivity index is 3.04. The number of benzene rings is 1. The molecule has 1 aromatic rings. The Hall–Kier alpha value is -1.01. The molecule has 0 saturated heterocycles. The highest BCUT2D eigenvalue weighted by molar-refractivity contribution is 9.10. The zero-order valence-corrected chi connectivity index (χ0v) is 9.92. The van der Waals surface area contributed by atoms with Crippen LogP contribution in [0.3, 0.4) is 0 Å². The second kappa shape index (κ2) is 5.36. The van der Waals surface area contributed by atoms with Gasteiger partial charge >= 0.3 is 5.97 Å². The SMILES string of the molecule is CCOC(=O)C(O)c1cc(Br)c(F)cc1F. The van der Waals surface area contributed by atoms with Crippen LogP contribution in [0, 0.1) is 11.6 Å². The number of ether oxygens (including phenoxy) is 1. The molecule has 6 heteroatoms. The van der Waals surface area contributed by atoms with E-state index in [9.17, 15) is 18.7 Å². The summed E-state index contributed by atoms with van der Waals surface area (Å²) >= 11 is 2.83. The number of carbonyl (C=O) groups is 1. The number of hydrogen-bond donors (Lipinski definition) is 1. The molecule has 0 spiro atoms. The van der Waals surface area contributed by atoms with Gasteiger partial charge in [-0.05, 0) is 28.9 Å². The van der Waals surface area contributed by atoms with E-state index in [1.54, 1.807) is 6.92 Å².